The lowest BCUT2D eigenvalue weighted by molar-refractivity contribution is -0.115. The number of hydrogen-bond donors (Lipinski definition) is 6. The van der Waals surface area contributed by atoms with Gasteiger partial charge in [-0.2, -0.15) is 0 Å². The Balaban J connectivity index is 2.17. The Hall–Kier alpha value is -3.70. The van der Waals surface area contributed by atoms with E-state index in [0.29, 0.717) is 0 Å². The first-order chi connectivity index (χ1) is 20.9. The number of ketones is 3. The standard InChI is InChI=1S/C35H45NO9/c1-15-11-9-10-12-24(37)36-27-19(5)34(44)25-23(35(27)45)14-18(4)31(41)26(25)30(40)17(3)13-16(2)29(39)21(7)33(43)22(8)32(42)20(6)28(15)38/h9-16,20-22,28-29,32-33,38-39,41-43H,1-8H3,(H,36,37)/b11-9+,12-10-,17-13+/t15-,16-,20+,21+,22+,28-,29-,32+,33+/m0/s1. The number of phenolic OH excluding ortho intramolecular Hbond substituents is 1. The van der Waals surface area contributed by atoms with Crippen molar-refractivity contribution >= 4 is 23.3 Å². The molecule has 0 spiro atoms. The highest BCUT2D eigenvalue weighted by Gasteiger charge is 2.39. The maximum absolute atomic E-state index is 13.8. The van der Waals surface area contributed by atoms with Crippen LogP contribution in [-0.4, -0.2) is 73.2 Å². The van der Waals surface area contributed by atoms with Crippen LogP contribution >= 0.6 is 0 Å². The Morgan fingerprint density at radius 1 is 0.667 bits per heavy atom. The first-order valence-corrected chi connectivity index (χ1v) is 15.2. The van der Waals surface area contributed by atoms with Crippen molar-refractivity contribution in [2.24, 2.45) is 29.6 Å². The second-order valence-corrected chi connectivity index (χ2v) is 12.7. The molecule has 9 atom stereocenters. The van der Waals surface area contributed by atoms with E-state index in [4.69, 9.17) is 0 Å². The van der Waals surface area contributed by atoms with Gasteiger partial charge < -0.3 is 30.8 Å². The van der Waals surface area contributed by atoms with Crippen LogP contribution in [0.2, 0.25) is 0 Å². The predicted molar refractivity (Wildman–Crippen MR) is 169 cm³/mol. The third kappa shape index (κ3) is 7.09. The molecule has 6 N–H and O–H groups in total. The molecule has 3 aliphatic rings. The summed E-state index contributed by atoms with van der Waals surface area (Å²) in [6.45, 7) is 12.6. The molecule has 45 heavy (non-hydrogen) atoms. The number of carbonyl (C=O) groups is 4. The molecule has 1 aromatic carbocycles. The quantitative estimate of drug-likeness (QED) is 0.253. The number of phenols is 1. The molecule has 0 radical (unpaired) electrons. The summed E-state index contributed by atoms with van der Waals surface area (Å²) in [6.07, 6.45) is 2.72. The minimum Gasteiger partial charge on any atom is -0.507 e. The van der Waals surface area contributed by atoms with Crippen LogP contribution in [0.5, 0.6) is 5.75 Å². The van der Waals surface area contributed by atoms with E-state index < -0.39 is 83.0 Å². The smallest absolute Gasteiger partial charge is 0.248 e. The van der Waals surface area contributed by atoms with Gasteiger partial charge in [0, 0.05) is 52.4 Å². The van der Waals surface area contributed by atoms with Crippen LogP contribution in [0.1, 0.15) is 85.1 Å². The number of aryl methyl sites for hydroxylation is 1. The van der Waals surface area contributed by atoms with Crippen LogP contribution in [0.4, 0.5) is 0 Å². The zero-order valence-electron chi connectivity index (χ0n) is 27.0. The van der Waals surface area contributed by atoms with Gasteiger partial charge in [-0.15, -0.1) is 0 Å². The summed E-state index contributed by atoms with van der Waals surface area (Å²) in [6, 6.07) is 1.30. The molecule has 4 bridgehead atoms. The molecule has 0 saturated heterocycles. The van der Waals surface area contributed by atoms with Gasteiger partial charge in [-0.05, 0) is 38.0 Å². The molecular formula is C35H45NO9. The van der Waals surface area contributed by atoms with Crippen molar-refractivity contribution < 1.29 is 44.7 Å². The maximum atomic E-state index is 13.8. The van der Waals surface area contributed by atoms with E-state index in [2.05, 4.69) is 5.32 Å². The maximum Gasteiger partial charge on any atom is 0.248 e. The van der Waals surface area contributed by atoms with E-state index in [1.165, 1.54) is 45.1 Å². The van der Waals surface area contributed by atoms with Crippen LogP contribution in [0, 0.1) is 36.5 Å². The van der Waals surface area contributed by atoms with Crippen molar-refractivity contribution in [1.82, 2.24) is 5.32 Å². The Morgan fingerprint density at radius 2 is 1.20 bits per heavy atom. The van der Waals surface area contributed by atoms with Gasteiger partial charge in [-0.1, -0.05) is 58.9 Å². The summed E-state index contributed by atoms with van der Waals surface area (Å²) < 4.78 is 0. The van der Waals surface area contributed by atoms with E-state index >= 15 is 0 Å². The van der Waals surface area contributed by atoms with E-state index in [-0.39, 0.29) is 39.1 Å². The second-order valence-electron chi connectivity index (χ2n) is 12.7. The molecule has 0 aromatic heterocycles. The number of hydrogen-bond acceptors (Lipinski definition) is 9. The van der Waals surface area contributed by atoms with Crippen LogP contribution in [0.3, 0.4) is 0 Å². The summed E-state index contributed by atoms with van der Waals surface area (Å²) in [5, 5.41) is 57.6. The number of aliphatic hydroxyl groups is 4. The average molecular weight is 624 g/mol. The lowest BCUT2D eigenvalue weighted by Gasteiger charge is -2.36. The van der Waals surface area contributed by atoms with Gasteiger partial charge in [-0.25, -0.2) is 0 Å². The lowest BCUT2D eigenvalue weighted by atomic mass is 9.77. The zero-order valence-corrected chi connectivity index (χ0v) is 27.0. The van der Waals surface area contributed by atoms with Gasteiger partial charge in [-0.3, -0.25) is 19.2 Å². The van der Waals surface area contributed by atoms with Gasteiger partial charge in [0.15, 0.2) is 11.6 Å². The molecular weight excluding hydrogens is 578 g/mol. The number of benzene rings is 1. The molecule has 10 heteroatoms. The summed E-state index contributed by atoms with van der Waals surface area (Å²) in [4.78, 5) is 53.7. The lowest BCUT2D eigenvalue weighted by Crippen LogP contribution is -2.45. The number of amides is 1. The fourth-order valence-corrected chi connectivity index (χ4v) is 6.15. The fraction of sp³-hybridized carbons (Fsp3) is 0.486. The summed E-state index contributed by atoms with van der Waals surface area (Å²) >= 11 is 0. The predicted octanol–water partition coefficient (Wildman–Crippen LogP) is 3.35. The number of aromatic hydroxyl groups is 1. The highest BCUT2D eigenvalue weighted by molar-refractivity contribution is 6.31. The number of nitrogens with one attached hydrogen (secondary N) is 1. The van der Waals surface area contributed by atoms with E-state index in [9.17, 15) is 44.7 Å². The molecule has 2 aliphatic heterocycles. The SMILES string of the molecule is CC1=C2NC(=O)/C=C\C=C\[C@H](C)[C@H](O)[C@@H](C)[C@@H](O)[C@@H](C)[C@H](O)[C@H](C)[C@@H](O)[C@@H](C)/C=C(\C)C(=O)c3c(O)c(C)cc(c3C1=O)C2=O. The van der Waals surface area contributed by atoms with Crippen LogP contribution in [0.15, 0.2) is 53.3 Å². The van der Waals surface area contributed by atoms with Gasteiger partial charge in [0.05, 0.1) is 35.7 Å². The molecule has 0 unspecified atom stereocenters. The molecule has 2 heterocycles. The summed E-state index contributed by atoms with van der Waals surface area (Å²) in [5.74, 6) is -6.57. The number of Topliss-reactive ketones (excluding diaryl/α,β-unsaturated/α-hetero) is 3. The molecule has 1 aromatic rings. The monoisotopic (exact) mass is 623 g/mol. The molecule has 1 aliphatic carbocycles. The number of carbonyl (C=O) groups excluding carboxylic acids is 4. The first-order valence-electron chi connectivity index (χ1n) is 15.2. The van der Waals surface area contributed by atoms with Crippen molar-refractivity contribution in [2.45, 2.75) is 79.8 Å². The largest absolute Gasteiger partial charge is 0.507 e. The number of allylic oxidation sites excluding steroid dienone is 5. The Morgan fingerprint density at radius 3 is 1.78 bits per heavy atom. The summed E-state index contributed by atoms with van der Waals surface area (Å²) in [7, 11) is 0. The molecule has 10 nitrogen and oxygen atoms in total. The first kappa shape index (κ1) is 35.8. The highest BCUT2D eigenvalue weighted by atomic mass is 16.3. The minimum absolute atomic E-state index is 0.0853. The topological polar surface area (TPSA) is 181 Å². The third-order valence-electron chi connectivity index (χ3n) is 9.33. The van der Waals surface area contributed by atoms with Crippen LogP contribution < -0.4 is 5.32 Å². The zero-order chi connectivity index (χ0) is 34.1. The molecule has 0 fully saturated rings. The Bertz CT molecular complexity index is 1500. The Kier molecular flexibility index (Phi) is 11.3. The van der Waals surface area contributed by atoms with Crippen molar-refractivity contribution in [1.29, 1.82) is 0 Å². The molecule has 0 saturated carbocycles. The number of fused-ring (bicyclic) bond motifs is 15. The van der Waals surface area contributed by atoms with Crippen molar-refractivity contribution in [2.75, 3.05) is 0 Å². The average Bonchev–Trinajstić information content (AvgIpc) is 3.01. The normalized spacial score (nSPS) is 35.1. The van der Waals surface area contributed by atoms with Crippen LogP contribution in [0.25, 0.3) is 0 Å². The number of rotatable bonds is 0. The molecule has 1 amide bonds. The Labute approximate surface area is 263 Å². The van der Waals surface area contributed by atoms with Crippen molar-refractivity contribution in [3.8, 4) is 5.75 Å². The molecule has 244 valence electrons. The second kappa shape index (κ2) is 14.2. The minimum atomic E-state index is -1.18. The van der Waals surface area contributed by atoms with E-state index in [0.717, 1.165) is 6.08 Å². The van der Waals surface area contributed by atoms with Crippen molar-refractivity contribution in [3.63, 3.8) is 0 Å². The fourth-order valence-electron chi connectivity index (χ4n) is 6.15. The van der Waals surface area contributed by atoms with Gasteiger partial charge in [0.25, 0.3) is 0 Å². The van der Waals surface area contributed by atoms with E-state index in [1.807, 2.05) is 0 Å². The third-order valence-corrected chi connectivity index (χ3v) is 9.33. The van der Waals surface area contributed by atoms with Gasteiger partial charge >= 0.3 is 0 Å². The van der Waals surface area contributed by atoms with Gasteiger partial charge in [0.2, 0.25) is 11.7 Å². The van der Waals surface area contributed by atoms with Crippen molar-refractivity contribution in [3.05, 3.63) is 75.5 Å². The summed E-state index contributed by atoms with van der Waals surface area (Å²) in [5.41, 5.74) is -0.841. The highest BCUT2D eigenvalue weighted by Crippen LogP contribution is 2.37. The molecule has 4 rings (SSSR count). The van der Waals surface area contributed by atoms with E-state index in [1.54, 1.807) is 40.7 Å². The number of aliphatic hydroxyl groups excluding tert-OH is 4. The van der Waals surface area contributed by atoms with Crippen LogP contribution in [-0.2, 0) is 4.79 Å². The van der Waals surface area contributed by atoms with Gasteiger partial charge in [0.1, 0.15) is 5.75 Å².